The molecule has 1 atom stereocenters. The van der Waals surface area contributed by atoms with Crippen LogP contribution in [0.5, 0.6) is 0 Å². The molecule has 0 radical (unpaired) electrons. The molecule has 0 aliphatic rings. The first kappa shape index (κ1) is 25.0. The van der Waals surface area contributed by atoms with E-state index in [4.69, 9.17) is 0 Å². The molecule has 0 aromatic heterocycles. The van der Waals surface area contributed by atoms with Crippen molar-refractivity contribution in [2.45, 2.75) is 142 Å². The van der Waals surface area contributed by atoms with Crippen LogP contribution in [0.2, 0.25) is 0 Å². The van der Waals surface area contributed by atoms with Crippen LogP contribution in [0, 0.1) is 5.92 Å². The molecule has 0 fully saturated rings. The quantitative estimate of drug-likeness (QED) is 0.205. The highest BCUT2D eigenvalue weighted by molar-refractivity contribution is 4.61. The van der Waals surface area contributed by atoms with Gasteiger partial charge in [-0.25, -0.2) is 0 Å². The van der Waals surface area contributed by atoms with Crippen LogP contribution in [0.25, 0.3) is 0 Å². The van der Waals surface area contributed by atoms with Gasteiger partial charge in [-0.1, -0.05) is 136 Å². The Balaban J connectivity index is 3.42. The molecule has 1 heteroatoms. The van der Waals surface area contributed by atoms with Crippen LogP contribution in [-0.4, -0.2) is 11.7 Å². The molecule has 0 saturated heterocycles. The fourth-order valence-electron chi connectivity index (χ4n) is 3.93. The van der Waals surface area contributed by atoms with Crippen LogP contribution in [0.15, 0.2) is 0 Å². The Bertz CT molecular complexity index is 226. The second-order valence-electron chi connectivity index (χ2n) is 8.26. The summed E-state index contributed by atoms with van der Waals surface area (Å²) >= 11 is 0. The molecule has 0 aromatic carbocycles. The number of hydrogen-bond acceptors (Lipinski definition) is 1. The highest BCUT2D eigenvalue weighted by atomic mass is 16.3. The minimum Gasteiger partial charge on any atom is -0.396 e. The first-order chi connectivity index (χ1) is 12.3. The summed E-state index contributed by atoms with van der Waals surface area (Å²) < 4.78 is 0. The van der Waals surface area contributed by atoms with Crippen molar-refractivity contribution >= 4 is 0 Å². The van der Waals surface area contributed by atoms with E-state index in [0.29, 0.717) is 6.61 Å². The van der Waals surface area contributed by atoms with Gasteiger partial charge in [-0.2, -0.15) is 0 Å². The van der Waals surface area contributed by atoms with Crippen molar-refractivity contribution in [2.24, 2.45) is 5.92 Å². The Morgan fingerprint density at radius 3 is 1.08 bits per heavy atom. The van der Waals surface area contributed by atoms with Crippen molar-refractivity contribution in [3.63, 3.8) is 0 Å². The summed E-state index contributed by atoms with van der Waals surface area (Å²) in [7, 11) is 0. The number of rotatable bonds is 21. The SMILES string of the molecule is CCCCCCCCCCCC(CCO)CCCCCCCCCC. The molecule has 0 rings (SSSR count). The van der Waals surface area contributed by atoms with Gasteiger partial charge in [0, 0.05) is 6.61 Å². The third kappa shape index (κ3) is 20.1. The van der Waals surface area contributed by atoms with E-state index in [2.05, 4.69) is 13.8 Å². The molecule has 152 valence electrons. The summed E-state index contributed by atoms with van der Waals surface area (Å²) in [6.07, 6.45) is 27.8. The van der Waals surface area contributed by atoms with E-state index in [1.54, 1.807) is 0 Å². The van der Waals surface area contributed by atoms with Crippen molar-refractivity contribution in [3.05, 3.63) is 0 Å². The molecule has 0 amide bonds. The van der Waals surface area contributed by atoms with E-state index in [0.717, 1.165) is 12.3 Å². The lowest BCUT2D eigenvalue weighted by atomic mass is 9.91. The molecule has 0 aliphatic heterocycles. The molecule has 0 spiro atoms. The van der Waals surface area contributed by atoms with Gasteiger partial charge in [0.2, 0.25) is 0 Å². The standard InChI is InChI=1S/C24H50O/c1-3-5-7-9-11-13-15-17-19-21-24(22-23-25)20-18-16-14-12-10-8-6-4-2/h24-25H,3-23H2,1-2H3. The van der Waals surface area contributed by atoms with Gasteiger partial charge >= 0.3 is 0 Å². The first-order valence-electron chi connectivity index (χ1n) is 12.0. The van der Waals surface area contributed by atoms with Gasteiger partial charge in [-0.3, -0.25) is 0 Å². The van der Waals surface area contributed by atoms with Crippen molar-refractivity contribution in [3.8, 4) is 0 Å². The maximum absolute atomic E-state index is 9.30. The van der Waals surface area contributed by atoms with Crippen LogP contribution in [0.3, 0.4) is 0 Å². The third-order valence-electron chi connectivity index (χ3n) is 5.72. The lowest BCUT2D eigenvalue weighted by Crippen LogP contribution is -2.03. The first-order valence-corrected chi connectivity index (χ1v) is 12.0. The monoisotopic (exact) mass is 354 g/mol. The molecule has 0 aromatic rings. The van der Waals surface area contributed by atoms with Gasteiger partial charge in [0.15, 0.2) is 0 Å². The minimum absolute atomic E-state index is 0.388. The molecule has 0 bridgehead atoms. The van der Waals surface area contributed by atoms with Crippen LogP contribution in [0.1, 0.15) is 142 Å². The summed E-state index contributed by atoms with van der Waals surface area (Å²) in [6.45, 7) is 4.96. The summed E-state index contributed by atoms with van der Waals surface area (Å²) in [5.41, 5.74) is 0. The Morgan fingerprint density at radius 2 is 0.760 bits per heavy atom. The predicted octanol–water partition coefficient (Wildman–Crippen LogP) is 8.44. The summed E-state index contributed by atoms with van der Waals surface area (Å²) in [4.78, 5) is 0. The largest absolute Gasteiger partial charge is 0.396 e. The average molecular weight is 355 g/mol. The Morgan fingerprint density at radius 1 is 0.440 bits per heavy atom. The second kappa shape index (κ2) is 22.0. The zero-order chi connectivity index (χ0) is 18.4. The average Bonchev–Trinajstić information content (AvgIpc) is 2.62. The lowest BCUT2D eigenvalue weighted by molar-refractivity contribution is 0.241. The van der Waals surface area contributed by atoms with Gasteiger partial charge in [0.1, 0.15) is 0 Å². The minimum atomic E-state index is 0.388. The van der Waals surface area contributed by atoms with Crippen molar-refractivity contribution < 1.29 is 5.11 Å². The highest BCUT2D eigenvalue weighted by Crippen LogP contribution is 2.22. The highest BCUT2D eigenvalue weighted by Gasteiger charge is 2.07. The number of hydrogen-bond donors (Lipinski definition) is 1. The molecule has 0 saturated carbocycles. The zero-order valence-corrected chi connectivity index (χ0v) is 17.9. The summed E-state index contributed by atoms with van der Waals surface area (Å²) in [6, 6.07) is 0. The van der Waals surface area contributed by atoms with Gasteiger partial charge < -0.3 is 5.11 Å². The number of unbranched alkanes of at least 4 members (excludes halogenated alkanes) is 15. The molecule has 1 N–H and O–H groups in total. The predicted molar refractivity (Wildman–Crippen MR) is 114 cm³/mol. The molecular formula is C24H50O. The van der Waals surface area contributed by atoms with Gasteiger partial charge in [0.25, 0.3) is 0 Å². The molecule has 1 unspecified atom stereocenters. The van der Waals surface area contributed by atoms with Crippen molar-refractivity contribution in [1.82, 2.24) is 0 Å². The smallest absolute Gasteiger partial charge is 0.0433 e. The summed E-state index contributed by atoms with van der Waals surface area (Å²) in [5.74, 6) is 0.787. The van der Waals surface area contributed by atoms with Crippen LogP contribution in [0.4, 0.5) is 0 Å². The van der Waals surface area contributed by atoms with E-state index in [1.807, 2.05) is 0 Å². The maximum Gasteiger partial charge on any atom is 0.0433 e. The topological polar surface area (TPSA) is 20.2 Å². The lowest BCUT2D eigenvalue weighted by Gasteiger charge is -2.15. The number of aliphatic hydroxyl groups is 1. The molecule has 25 heavy (non-hydrogen) atoms. The Labute approximate surface area is 160 Å². The van der Waals surface area contributed by atoms with E-state index >= 15 is 0 Å². The molecule has 1 nitrogen and oxygen atoms in total. The van der Waals surface area contributed by atoms with E-state index in [1.165, 1.54) is 122 Å². The van der Waals surface area contributed by atoms with E-state index < -0.39 is 0 Å². The Hall–Kier alpha value is -0.0400. The molecule has 0 aliphatic carbocycles. The van der Waals surface area contributed by atoms with Crippen LogP contribution in [-0.2, 0) is 0 Å². The second-order valence-corrected chi connectivity index (χ2v) is 8.26. The fourth-order valence-corrected chi connectivity index (χ4v) is 3.93. The van der Waals surface area contributed by atoms with E-state index in [9.17, 15) is 5.11 Å². The summed E-state index contributed by atoms with van der Waals surface area (Å²) in [5, 5.41) is 9.30. The van der Waals surface area contributed by atoms with Gasteiger partial charge in [-0.15, -0.1) is 0 Å². The van der Waals surface area contributed by atoms with Crippen LogP contribution >= 0.6 is 0 Å². The third-order valence-corrected chi connectivity index (χ3v) is 5.72. The molecule has 0 heterocycles. The number of aliphatic hydroxyl groups excluding tert-OH is 1. The van der Waals surface area contributed by atoms with E-state index in [-0.39, 0.29) is 0 Å². The van der Waals surface area contributed by atoms with Crippen LogP contribution < -0.4 is 0 Å². The fraction of sp³-hybridized carbons (Fsp3) is 1.00. The van der Waals surface area contributed by atoms with Gasteiger partial charge in [-0.05, 0) is 12.3 Å². The van der Waals surface area contributed by atoms with Gasteiger partial charge in [0.05, 0.1) is 0 Å². The Kier molecular flexibility index (Phi) is 22.0. The normalized spacial score (nSPS) is 12.6. The molecular weight excluding hydrogens is 304 g/mol. The zero-order valence-electron chi connectivity index (χ0n) is 17.9. The van der Waals surface area contributed by atoms with Crippen molar-refractivity contribution in [2.75, 3.05) is 6.61 Å². The maximum atomic E-state index is 9.30. The van der Waals surface area contributed by atoms with Crippen molar-refractivity contribution in [1.29, 1.82) is 0 Å².